The molecule has 1 aliphatic heterocycles. The third-order valence-electron chi connectivity index (χ3n) is 5.23. The van der Waals surface area contributed by atoms with Gasteiger partial charge in [-0.2, -0.15) is 0 Å². The fraction of sp³-hybridized carbons (Fsp3) is 0.474. The highest BCUT2D eigenvalue weighted by molar-refractivity contribution is 6.62. The molecule has 3 rings (SSSR count). The minimum absolute atomic E-state index is 0.276. The Kier molecular flexibility index (Phi) is 3.62. The van der Waals surface area contributed by atoms with Crippen molar-refractivity contribution in [3.05, 3.63) is 47.1 Å². The molecule has 0 saturated carbocycles. The van der Waals surface area contributed by atoms with Crippen LogP contribution in [0.15, 0.2) is 35.9 Å². The molecule has 1 saturated heterocycles. The molecule has 0 aromatic heterocycles. The summed E-state index contributed by atoms with van der Waals surface area (Å²) in [7, 11) is -0.276. The number of benzene rings is 1. The van der Waals surface area contributed by atoms with Gasteiger partial charge in [-0.1, -0.05) is 36.4 Å². The maximum absolute atomic E-state index is 6.15. The Morgan fingerprint density at radius 3 is 2.32 bits per heavy atom. The van der Waals surface area contributed by atoms with Crippen LogP contribution in [0.3, 0.4) is 0 Å². The first kappa shape index (κ1) is 15.6. The predicted molar refractivity (Wildman–Crippen MR) is 93.3 cm³/mol. The lowest BCUT2D eigenvalue weighted by Gasteiger charge is -2.32. The van der Waals surface area contributed by atoms with Crippen LogP contribution in [0.2, 0.25) is 0 Å². The maximum Gasteiger partial charge on any atom is 0.494 e. The van der Waals surface area contributed by atoms with Crippen molar-refractivity contribution in [3.8, 4) is 0 Å². The van der Waals surface area contributed by atoms with Gasteiger partial charge in [0.15, 0.2) is 0 Å². The Bertz CT molecular complexity index is 639. The monoisotopic (exact) mass is 296 g/mol. The minimum atomic E-state index is -0.291. The van der Waals surface area contributed by atoms with Gasteiger partial charge in [-0.15, -0.1) is 0 Å². The predicted octanol–water partition coefficient (Wildman–Crippen LogP) is 3.89. The molecule has 0 N–H and O–H groups in total. The number of allylic oxidation sites excluding steroid dienone is 2. The number of hydrogen-bond donors (Lipinski definition) is 0. The van der Waals surface area contributed by atoms with Crippen LogP contribution in [-0.4, -0.2) is 18.3 Å². The van der Waals surface area contributed by atoms with Gasteiger partial charge in [-0.25, -0.2) is 0 Å². The zero-order chi connectivity index (χ0) is 16.1. The van der Waals surface area contributed by atoms with Crippen molar-refractivity contribution in [2.45, 2.75) is 58.7 Å². The largest absolute Gasteiger partial charge is 0.494 e. The molecule has 2 aliphatic rings. The van der Waals surface area contributed by atoms with E-state index in [1.54, 1.807) is 0 Å². The standard InChI is InChI=1S/C19H25BO2/c1-13(2)14-7-8-16-12-17(10-9-15(16)11-14)20-21-18(3,4)19(5,6)22-20/h9-12H,1,7-8H2,2-6H3. The Hall–Kier alpha value is -1.32. The number of fused-ring (bicyclic) bond motifs is 1. The van der Waals surface area contributed by atoms with E-state index in [1.165, 1.54) is 22.3 Å². The molecule has 0 bridgehead atoms. The molecule has 0 unspecified atom stereocenters. The lowest BCUT2D eigenvalue weighted by atomic mass is 9.76. The third-order valence-corrected chi connectivity index (χ3v) is 5.23. The topological polar surface area (TPSA) is 18.5 Å². The average Bonchev–Trinajstić information content (AvgIpc) is 2.66. The molecule has 2 nitrogen and oxygen atoms in total. The van der Waals surface area contributed by atoms with E-state index >= 15 is 0 Å². The Morgan fingerprint density at radius 2 is 1.73 bits per heavy atom. The molecule has 1 fully saturated rings. The molecule has 0 spiro atoms. The molecule has 0 amide bonds. The molecule has 0 atom stereocenters. The summed E-state index contributed by atoms with van der Waals surface area (Å²) in [5.74, 6) is 0. The van der Waals surface area contributed by atoms with E-state index in [1.807, 2.05) is 0 Å². The lowest BCUT2D eigenvalue weighted by Crippen LogP contribution is -2.41. The average molecular weight is 296 g/mol. The van der Waals surface area contributed by atoms with Crippen LogP contribution in [0.25, 0.3) is 6.08 Å². The van der Waals surface area contributed by atoms with Crippen LogP contribution >= 0.6 is 0 Å². The Balaban J connectivity index is 1.89. The van der Waals surface area contributed by atoms with E-state index in [2.05, 4.69) is 65.5 Å². The zero-order valence-corrected chi connectivity index (χ0v) is 14.3. The van der Waals surface area contributed by atoms with Gasteiger partial charge in [-0.3, -0.25) is 0 Å². The van der Waals surface area contributed by atoms with E-state index in [0.29, 0.717) is 0 Å². The number of aryl methyl sites for hydroxylation is 1. The van der Waals surface area contributed by atoms with Crippen LogP contribution in [0, 0.1) is 0 Å². The van der Waals surface area contributed by atoms with Crippen molar-refractivity contribution in [3.63, 3.8) is 0 Å². The molecule has 1 heterocycles. The summed E-state index contributed by atoms with van der Waals surface area (Å²) < 4.78 is 12.3. The quantitative estimate of drug-likeness (QED) is 0.771. The second-order valence-corrected chi connectivity index (χ2v) is 7.50. The molecular formula is C19H25BO2. The maximum atomic E-state index is 6.15. The normalized spacial score (nSPS) is 22.2. The number of hydrogen-bond acceptors (Lipinski definition) is 2. The summed E-state index contributed by atoms with van der Waals surface area (Å²) in [6, 6.07) is 6.54. The highest BCUT2D eigenvalue weighted by atomic mass is 16.7. The van der Waals surface area contributed by atoms with Gasteiger partial charge in [0, 0.05) is 0 Å². The molecule has 3 heteroatoms. The van der Waals surface area contributed by atoms with Gasteiger partial charge in [0.25, 0.3) is 0 Å². The fourth-order valence-electron chi connectivity index (χ4n) is 2.97. The van der Waals surface area contributed by atoms with E-state index in [9.17, 15) is 0 Å². The van der Waals surface area contributed by atoms with Gasteiger partial charge in [0.1, 0.15) is 0 Å². The Morgan fingerprint density at radius 1 is 1.09 bits per heavy atom. The molecule has 116 valence electrons. The number of rotatable bonds is 2. The van der Waals surface area contributed by atoms with Crippen LogP contribution in [0.4, 0.5) is 0 Å². The van der Waals surface area contributed by atoms with E-state index in [4.69, 9.17) is 9.31 Å². The first-order valence-electron chi connectivity index (χ1n) is 8.04. The lowest BCUT2D eigenvalue weighted by molar-refractivity contribution is 0.00578. The van der Waals surface area contributed by atoms with Crippen LogP contribution in [-0.2, 0) is 15.7 Å². The van der Waals surface area contributed by atoms with E-state index in [-0.39, 0.29) is 18.3 Å². The summed E-state index contributed by atoms with van der Waals surface area (Å²) in [5, 5.41) is 0. The van der Waals surface area contributed by atoms with Crippen molar-refractivity contribution < 1.29 is 9.31 Å². The smallest absolute Gasteiger partial charge is 0.399 e. The summed E-state index contributed by atoms with van der Waals surface area (Å²) in [4.78, 5) is 0. The van der Waals surface area contributed by atoms with Gasteiger partial charge in [0.2, 0.25) is 0 Å². The van der Waals surface area contributed by atoms with Crippen molar-refractivity contribution in [2.75, 3.05) is 0 Å². The highest BCUT2D eigenvalue weighted by Gasteiger charge is 2.51. The van der Waals surface area contributed by atoms with E-state index < -0.39 is 0 Å². The van der Waals surface area contributed by atoms with E-state index in [0.717, 1.165) is 18.3 Å². The van der Waals surface area contributed by atoms with Gasteiger partial charge < -0.3 is 9.31 Å². The third kappa shape index (κ3) is 2.57. The Labute approximate surface area is 134 Å². The van der Waals surface area contributed by atoms with Gasteiger partial charge >= 0.3 is 7.12 Å². The second-order valence-electron chi connectivity index (χ2n) is 7.50. The fourth-order valence-corrected chi connectivity index (χ4v) is 2.97. The summed E-state index contributed by atoms with van der Waals surface area (Å²) in [6.45, 7) is 14.5. The van der Waals surface area contributed by atoms with Crippen LogP contribution in [0.1, 0.15) is 52.2 Å². The van der Waals surface area contributed by atoms with Crippen LogP contribution in [0.5, 0.6) is 0 Å². The van der Waals surface area contributed by atoms with Crippen LogP contribution < -0.4 is 5.46 Å². The first-order valence-corrected chi connectivity index (χ1v) is 8.04. The van der Waals surface area contributed by atoms with Crippen molar-refractivity contribution >= 4 is 18.7 Å². The second kappa shape index (κ2) is 5.11. The van der Waals surface area contributed by atoms with Crippen molar-refractivity contribution in [2.24, 2.45) is 0 Å². The first-order chi connectivity index (χ1) is 10.2. The SMILES string of the molecule is C=C(C)C1=Cc2ccc(B3OC(C)(C)C(C)(C)O3)cc2CC1. The highest BCUT2D eigenvalue weighted by Crippen LogP contribution is 2.36. The molecule has 22 heavy (non-hydrogen) atoms. The zero-order valence-electron chi connectivity index (χ0n) is 14.3. The summed E-state index contributed by atoms with van der Waals surface area (Å²) in [6.07, 6.45) is 4.38. The van der Waals surface area contributed by atoms with Crippen molar-refractivity contribution in [1.29, 1.82) is 0 Å². The van der Waals surface area contributed by atoms with Gasteiger partial charge in [0.05, 0.1) is 11.2 Å². The minimum Gasteiger partial charge on any atom is -0.399 e. The molecular weight excluding hydrogens is 271 g/mol. The molecule has 1 aromatic rings. The van der Waals surface area contributed by atoms with Crippen molar-refractivity contribution in [1.82, 2.24) is 0 Å². The molecule has 1 aliphatic carbocycles. The summed E-state index contributed by atoms with van der Waals surface area (Å²) in [5.41, 5.74) is 5.73. The van der Waals surface area contributed by atoms with Gasteiger partial charge in [-0.05, 0) is 69.6 Å². The molecule has 0 radical (unpaired) electrons. The summed E-state index contributed by atoms with van der Waals surface area (Å²) >= 11 is 0. The molecule has 1 aromatic carbocycles.